The smallest absolute Gasteiger partial charge is 0.254 e. The summed E-state index contributed by atoms with van der Waals surface area (Å²) in [6.45, 7) is 6.49. The third-order valence-corrected chi connectivity index (χ3v) is 5.75. The third kappa shape index (κ3) is 2.58. The first-order chi connectivity index (χ1) is 9.15. The lowest BCUT2D eigenvalue weighted by atomic mass is 9.88. The standard InChI is InChI=1S/C16H23NOS/c1-11-5-7-17(8-6-11)16(18)14-10-19-15-9-12(2)3-4-13(14)15/h10-12H,3-9H2,1-2H3. The molecule has 0 spiro atoms. The lowest BCUT2D eigenvalue weighted by Crippen LogP contribution is -2.38. The van der Waals surface area contributed by atoms with Gasteiger partial charge in [0.1, 0.15) is 0 Å². The lowest BCUT2D eigenvalue weighted by molar-refractivity contribution is 0.0696. The third-order valence-electron chi connectivity index (χ3n) is 4.70. The topological polar surface area (TPSA) is 20.3 Å². The molecule has 0 N–H and O–H groups in total. The van der Waals surface area contributed by atoms with Crippen molar-refractivity contribution in [2.75, 3.05) is 13.1 Å². The van der Waals surface area contributed by atoms with Crippen LogP contribution in [0.25, 0.3) is 0 Å². The normalized spacial score (nSPS) is 24.3. The quantitative estimate of drug-likeness (QED) is 0.765. The van der Waals surface area contributed by atoms with Crippen LogP contribution in [0, 0.1) is 11.8 Å². The van der Waals surface area contributed by atoms with Crippen molar-refractivity contribution in [1.29, 1.82) is 0 Å². The summed E-state index contributed by atoms with van der Waals surface area (Å²) < 4.78 is 0. The Labute approximate surface area is 119 Å². The van der Waals surface area contributed by atoms with E-state index in [0.717, 1.165) is 49.8 Å². The summed E-state index contributed by atoms with van der Waals surface area (Å²) in [7, 11) is 0. The van der Waals surface area contributed by atoms with Crippen molar-refractivity contribution in [1.82, 2.24) is 4.90 Å². The second-order valence-corrected chi connectivity index (χ2v) is 7.34. The Bertz CT molecular complexity index is 471. The van der Waals surface area contributed by atoms with Crippen molar-refractivity contribution in [2.45, 2.75) is 46.0 Å². The molecular formula is C16H23NOS. The van der Waals surface area contributed by atoms with Crippen molar-refractivity contribution in [2.24, 2.45) is 11.8 Å². The van der Waals surface area contributed by atoms with Crippen LogP contribution in [0.2, 0.25) is 0 Å². The number of amides is 1. The molecule has 3 heteroatoms. The molecule has 2 nitrogen and oxygen atoms in total. The second-order valence-electron chi connectivity index (χ2n) is 6.37. The van der Waals surface area contributed by atoms with Gasteiger partial charge in [0, 0.05) is 23.3 Å². The number of carbonyl (C=O) groups excluding carboxylic acids is 1. The largest absolute Gasteiger partial charge is 0.339 e. The van der Waals surface area contributed by atoms with Crippen LogP contribution in [-0.4, -0.2) is 23.9 Å². The molecule has 0 saturated carbocycles. The van der Waals surface area contributed by atoms with E-state index in [0.29, 0.717) is 5.91 Å². The molecular weight excluding hydrogens is 254 g/mol. The molecule has 1 saturated heterocycles. The fourth-order valence-electron chi connectivity index (χ4n) is 3.24. The molecule has 1 aliphatic carbocycles. The summed E-state index contributed by atoms with van der Waals surface area (Å²) >= 11 is 1.80. The molecule has 3 rings (SSSR count). The van der Waals surface area contributed by atoms with Gasteiger partial charge in [-0.3, -0.25) is 4.79 Å². The highest BCUT2D eigenvalue weighted by atomic mass is 32.1. The Kier molecular flexibility index (Phi) is 3.66. The second kappa shape index (κ2) is 5.28. The Morgan fingerprint density at radius 2 is 1.95 bits per heavy atom. The first-order valence-electron chi connectivity index (χ1n) is 7.53. The van der Waals surface area contributed by atoms with Crippen LogP contribution in [0.1, 0.15) is 53.9 Å². The average Bonchev–Trinajstić information content (AvgIpc) is 2.81. The molecule has 1 fully saturated rings. The van der Waals surface area contributed by atoms with Crippen LogP contribution >= 0.6 is 11.3 Å². The highest BCUT2D eigenvalue weighted by Gasteiger charge is 2.27. The number of thiophene rings is 1. The molecule has 1 aromatic rings. The predicted octanol–water partition coefficient (Wildman–Crippen LogP) is 3.75. The zero-order chi connectivity index (χ0) is 13.4. The minimum absolute atomic E-state index is 0.291. The number of fused-ring (bicyclic) bond motifs is 1. The number of nitrogens with zero attached hydrogens (tertiary/aromatic N) is 1. The van der Waals surface area contributed by atoms with E-state index in [2.05, 4.69) is 24.1 Å². The van der Waals surface area contributed by atoms with Gasteiger partial charge in [0.2, 0.25) is 0 Å². The van der Waals surface area contributed by atoms with Gasteiger partial charge in [-0.05, 0) is 49.5 Å². The van der Waals surface area contributed by atoms with Gasteiger partial charge in [0.15, 0.2) is 0 Å². The van der Waals surface area contributed by atoms with Crippen molar-refractivity contribution < 1.29 is 4.79 Å². The molecule has 0 bridgehead atoms. The van der Waals surface area contributed by atoms with E-state index >= 15 is 0 Å². The van der Waals surface area contributed by atoms with Crippen LogP contribution in [-0.2, 0) is 12.8 Å². The minimum Gasteiger partial charge on any atom is -0.339 e. The van der Waals surface area contributed by atoms with Gasteiger partial charge < -0.3 is 4.90 Å². The van der Waals surface area contributed by atoms with E-state index in [4.69, 9.17) is 0 Å². The Balaban J connectivity index is 1.77. The summed E-state index contributed by atoms with van der Waals surface area (Å²) in [6.07, 6.45) is 5.83. The summed E-state index contributed by atoms with van der Waals surface area (Å²) in [5, 5.41) is 2.11. The fourth-order valence-corrected chi connectivity index (χ4v) is 4.48. The summed E-state index contributed by atoms with van der Waals surface area (Å²) in [5.41, 5.74) is 2.38. The number of hydrogen-bond donors (Lipinski definition) is 0. The highest BCUT2D eigenvalue weighted by Crippen LogP contribution is 2.33. The van der Waals surface area contributed by atoms with Crippen LogP contribution in [0.15, 0.2) is 5.38 Å². The number of piperidine rings is 1. The number of hydrogen-bond acceptors (Lipinski definition) is 2. The SMILES string of the molecule is CC1CCN(C(=O)c2csc3c2CCC(C)C3)CC1. The molecule has 0 radical (unpaired) electrons. The van der Waals surface area contributed by atoms with Gasteiger partial charge in [-0.25, -0.2) is 0 Å². The summed E-state index contributed by atoms with van der Waals surface area (Å²) in [4.78, 5) is 16.2. The number of carbonyl (C=O) groups is 1. The van der Waals surface area contributed by atoms with Crippen molar-refractivity contribution in [3.63, 3.8) is 0 Å². The van der Waals surface area contributed by atoms with Crippen LogP contribution in [0.5, 0.6) is 0 Å². The molecule has 1 atom stereocenters. The van der Waals surface area contributed by atoms with E-state index < -0.39 is 0 Å². The predicted molar refractivity (Wildman–Crippen MR) is 79.8 cm³/mol. The molecule has 19 heavy (non-hydrogen) atoms. The molecule has 2 aliphatic rings. The molecule has 0 aromatic carbocycles. The van der Waals surface area contributed by atoms with Gasteiger partial charge in [0.25, 0.3) is 5.91 Å². The van der Waals surface area contributed by atoms with Crippen LogP contribution < -0.4 is 0 Å². The van der Waals surface area contributed by atoms with E-state index in [-0.39, 0.29) is 0 Å². The molecule has 2 heterocycles. The van der Waals surface area contributed by atoms with Crippen LogP contribution in [0.4, 0.5) is 0 Å². The van der Waals surface area contributed by atoms with E-state index in [9.17, 15) is 4.79 Å². The van der Waals surface area contributed by atoms with Gasteiger partial charge in [-0.1, -0.05) is 13.8 Å². The van der Waals surface area contributed by atoms with Gasteiger partial charge >= 0.3 is 0 Å². The average molecular weight is 277 g/mol. The lowest BCUT2D eigenvalue weighted by Gasteiger charge is -2.30. The summed E-state index contributed by atoms with van der Waals surface area (Å²) in [5.74, 6) is 1.85. The first-order valence-corrected chi connectivity index (χ1v) is 8.41. The number of rotatable bonds is 1. The van der Waals surface area contributed by atoms with Gasteiger partial charge in [-0.15, -0.1) is 11.3 Å². The molecule has 1 aliphatic heterocycles. The molecule has 1 amide bonds. The summed E-state index contributed by atoms with van der Waals surface area (Å²) in [6, 6.07) is 0. The van der Waals surface area contributed by atoms with E-state index in [1.807, 2.05) is 0 Å². The van der Waals surface area contributed by atoms with Crippen LogP contribution in [0.3, 0.4) is 0 Å². The van der Waals surface area contributed by atoms with E-state index in [1.165, 1.54) is 23.3 Å². The molecule has 104 valence electrons. The van der Waals surface area contributed by atoms with Gasteiger partial charge in [-0.2, -0.15) is 0 Å². The Morgan fingerprint density at radius 1 is 1.21 bits per heavy atom. The zero-order valence-corrected chi connectivity index (χ0v) is 12.8. The Morgan fingerprint density at radius 3 is 2.68 bits per heavy atom. The highest BCUT2D eigenvalue weighted by molar-refractivity contribution is 7.10. The van der Waals surface area contributed by atoms with Crippen molar-refractivity contribution in [3.05, 3.63) is 21.4 Å². The maximum Gasteiger partial charge on any atom is 0.254 e. The Hall–Kier alpha value is -0.830. The fraction of sp³-hybridized carbons (Fsp3) is 0.688. The maximum absolute atomic E-state index is 12.7. The zero-order valence-electron chi connectivity index (χ0n) is 11.9. The van der Waals surface area contributed by atoms with Gasteiger partial charge in [0.05, 0.1) is 5.56 Å². The molecule has 1 aromatic heterocycles. The molecule has 1 unspecified atom stereocenters. The minimum atomic E-state index is 0.291. The number of likely N-dealkylation sites (tertiary alicyclic amines) is 1. The van der Waals surface area contributed by atoms with Crippen molar-refractivity contribution in [3.8, 4) is 0 Å². The van der Waals surface area contributed by atoms with Crippen molar-refractivity contribution >= 4 is 17.2 Å². The maximum atomic E-state index is 12.7. The van der Waals surface area contributed by atoms with E-state index in [1.54, 1.807) is 11.3 Å². The first kappa shape index (κ1) is 13.2. The monoisotopic (exact) mass is 277 g/mol.